The molecule has 62 heavy (non-hydrogen) atoms. The smallest absolute Gasteiger partial charge is 0.312 e. The van der Waals surface area contributed by atoms with Gasteiger partial charge in [-0.15, -0.1) is 0 Å². The van der Waals surface area contributed by atoms with E-state index in [0.717, 1.165) is 11.8 Å². The van der Waals surface area contributed by atoms with Gasteiger partial charge in [0.25, 0.3) is 11.7 Å². The van der Waals surface area contributed by atoms with Crippen LogP contribution in [-0.2, 0) is 35.1 Å². The predicted octanol–water partition coefficient (Wildman–Crippen LogP) is 6.74. The molecule has 334 valence electrons. The first-order valence-corrected chi connectivity index (χ1v) is 20.6. The zero-order chi connectivity index (χ0) is 45.6. The van der Waals surface area contributed by atoms with Crippen LogP contribution in [-0.4, -0.2) is 93.3 Å². The highest BCUT2D eigenvalue weighted by molar-refractivity contribution is 6.23. The number of ether oxygens (including phenoxy) is 4. The lowest BCUT2D eigenvalue weighted by molar-refractivity contribution is -0.160. The number of methoxy groups -OCH3 is 1. The zero-order valence-electron chi connectivity index (χ0n) is 36.5. The third-order valence-electron chi connectivity index (χ3n) is 11.8. The van der Waals surface area contributed by atoms with Gasteiger partial charge in [-0.2, -0.15) is 0 Å². The summed E-state index contributed by atoms with van der Waals surface area (Å²) >= 11 is 0. The van der Waals surface area contributed by atoms with Crippen LogP contribution in [0.5, 0.6) is 23.0 Å². The number of phenols is 3. The minimum Gasteiger partial charge on any atom is -0.507 e. The summed E-state index contributed by atoms with van der Waals surface area (Å²) < 4.78 is 23.6. The zero-order valence-corrected chi connectivity index (χ0v) is 36.5. The van der Waals surface area contributed by atoms with Crippen molar-refractivity contribution in [3.63, 3.8) is 0 Å². The summed E-state index contributed by atoms with van der Waals surface area (Å²) in [5, 5.41) is 64.4. The second-order valence-corrected chi connectivity index (χ2v) is 16.3. The van der Waals surface area contributed by atoms with Gasteiger partial charge in [0.2, 0.25) is 0 Å². The average Bonchev–Trinajstić information content (AvgIpc) is 3.51. The van der Waals surface area contributed by atoms with Crippen LogP contribution < -0.4 is 10.1 Å². The number of carbonyl (C=O) groups excluding carboxylic acids is 3. The summed E-state index contributed by atoms with van der Waals surface area (Å²) in [6.07, 6.45) is 5.84. The van der Waals surface area contributed by atoms with Crippen molar-refractivity contribution in [3.8, 4) is 23.0 Å². The van der Waals surface area contributed by atoms with E-state index in [-0.39, 0.29) is 51.1 Å². The Labute approximate surface area is 361 Å². The molecule has 15 nitrogen and oxygen atoms in total. The topological polar surface area (TPSA) is 223 Å². The highest BCUT2D eigenvalue weighted by atomic mass is 16.7. The summed E-state index contributed by atoms with van der Waals surface area (Å²) in [6, 6.07) is 9.77. The van der Waals surface area contributed by atoms with Crippen molar-refractivity contribution in [2.45, 2.75) is 98.4 Å². The van der Waals surface area contributed by atoms with Gasteiger partial charge < -0.3 is 54.6 Å². The maximum absolute atomic E-state index is 14.4. The number of nitrogens with one attached hydrogen (secondary N) is 1. The van der Waals surface area contributed by atoms with Crippen LogP contribution in [0.15, 0.2) is 71.6 Å². The van der Waals surface area contributed by atoms with Crippen molar-refractivity contribution < 1.29 is 63.7 Å². The van der Waals surface area contributed by atoms with Crippen LogP contribution in [0.2, 0.25) is 0 Å². The minimum absolute atomic E-state index is 0.0322. The Kier molecular flexibility index (Phi) is 15.1. The van der Waals surface area contributed by atoms with Crippen LogP contribution in [0.1, 0.15) is 81.9 Å². The molecule has 9 unspecified atom stereocenters. The van der Waals surface area contributed by atoms with E-state index in [1.54, 1.807) is 39.8 Å². The molecule has 3 aromatic rings. The molecular weight excluding hydrogens is 801 g/mol. The van der Waals surface area contributed by atoms with E-state index >= 15 is 0 Å². The van der Waals surface area contributed by atoms with Gasteiger partial charge in [-0.3, -0.25) is 14.4 Å². The Bertz CT molecular complexity index is 2270. The van der Waals surface area contributed by atoms with Gasteiger partial charge in [0, 0.05) is 61.2 Å². The lowest BCUT2D eigenvalue weighted by atomic mass is 9.78. The van der Waals surface area contributed by atoms with Crippen molar-refractivity contribution >= 4 is 40.3 Å². The number of amides is 1. The molecule has 0 aliphatic carbocycles. The van der Waals surface area contributed by atoms with Crippen LogP contribution >= 0.6 is 0 Å². The number of hydrogen-bond acceptors (Lipinski definition) is 14. The van der Waals surface area contributed by atoms with Crippen molar-refractivity contribution in [3.05, 3.63) is 88.7 Å². The van der Waals surface area contributed by atoms with Gasteiger partial charge in [-0.25, -0.2) is 0 Å². The number of aromatic hydroxyl groups is 3. The van der Waals surface area contributed by atoms with Gasteiger partial charge in [0.1, 0.15) is 30.0 Å². The molecule has 1 amide bonds. The van der Waals surface area contributed by atoms with Crippen molar-refractivity contribution in [1.29, 1.82) is 0 Å². The lowest BCUT2D eigenvalue weighted by Crippen LogP contribution is -2.46. The Morgan fingerprint density at radius 2 is 1.63 bits per heavy atom. The lowest BCUT2D eigenvalue weighted by Gasteiger charge is -2.38. The fourth-order valence-electron chi connectivity index (χ4n) is 8.00. The van der Waals surface area contributed by atoms with E-state index in [0.29, 0.717) is 12.8 Å². The van der Waals surface area contributed by atoms with Gasteiger partial charge in [-0.05, 0) is 38.3 Å². The summed E-state index contributed by atoms with van der Waals surface area (Å²) in [6.45, 7) is 12.6. The Morgan fingerprint density at radius 1 is 0.935 bits per heavy atom. The van der Waals surface area contributed by atoms with Crippen LogP contribution in [0.3, 0.4) is 0 Å². The molecule has 3 aliphatic rings. The molecule has 3 aromatic carbocycles. The third-order valence-corrected chi connectivity index (χ3v) is 11.8. The molecule has 0 saturated heterocycles. The molecule has 0 fully saturated rings. The number of fused-ring (bicyclic) bond motifs is 14. The number of carbonyl (C=O) groups is 3. The number of esters is 1. The number of nitrogens with zero attached hydrogens (tertiary/aromatic N) is 1. The second-order valence-electron chi connectivity index (χ2n) is 16.3. The second kappa shape index (κ2) is 19.9. The molecule has 0 radical (unpaired) electrons. The number of ketones is 1. The van der Waals surface area contributed by atoms with Crippen molar-refractivity contribution in [1.82, 2.24) is 0 Å². The summed E-state index contributed by atoms with van der Waals surface area (Å²) in [7, 11) is 1.43. The van der Waals surface area contributed by atoms with Gasteiger partial charge in [-0.1, -0.05) is 81.4 Å². The maximum atomic E-state index is 14.4. The minimum atomic E-state index is -2.07. The number of phenolic OH excluding ortho intramolecular Hbond substituents is 3. The molecule has 15 heteroatoms. The molecule has 0 saturated carbocycles. The highest BCUT2D eigenvalue weighted by Gasteiger charge is 2.50. The molecule has 3 aliphatic heterocycles. The Balaban J connectivity index is 1.64. The van der Waals surface area contributed by atoms with Crippen LogP contribution in [0.25, 0.3) is 10.8 Å². The number of aliphatic hydroxyl groups is 2. The average molecular weight is 859 g/mol. The summed E-state index contributed by atoms with van der Waals surface area (Å²) in [5.74, 6) is -8.67. The molecule has 0 aromatic heterocycles. The van der Waals surface area contributed by atoms with Gasteiger partial charge in [0.05, 0.1) is 53.0 Å². The quantitative estimate of drug-likeness (QED) is 0.0346. The van der Waals surface area contributed by atoms with Crippen LogP contribution in [0, 0.1) is 30.6 Å². The normalized spacial score (nSPS) is 28.6. The van der Waals surface area contributed by atoms with E-state index in [9.17, 15) is 39.9 Å². The molecule has 6 N–H and O–H groups in total. The maximum Gasteiger partial charge on any atom is 0.312 e. The number of Topliss-reactive ketones (excluding diaryl/α,β-unsaturated/α-hetero) is 1. The largest absolute Gasteiger partial charge is 0.507 e. The fraction of sp³-hybridized carbons (Fsp3) is 0.447. The van der Waals surface area contributed by atoms with Crippen molar-refractivity contribution in [2.24, 2.45) is 28.8 Å². The van der Waals surface area contributed by atoms with E-state index in [1.807, 2.05) is 30.3 Å². The fourth-order valence-corrected chi connectivity index (χ4v) is 8.00. The van der Waals surface area contributed by atoms with E-state index < -0.39 is 88.8 Å². The Hall–Kier alpha value is -5.90. The molecule has 9 atom stereocenters. The number of aliphatic hydroxyl groups excluding tert-OH is 2. The van der Waals surface area contributed by atoms with Gasteiger partial charge >= 0.3 is 11.8 Å². The predicted molar refractivity (Wildman–Crippen MR) is 232 cm³/mol. The first-order valence-electron chi connectivity index (χ1n) is 20.6. The number of aryl methyl sites for hydroxylation is 1. The number of allylic oxidation sites excluding steroid dienone is 2. The van der Waals surface area contributed by atoms with Crippen LogP contribution in [0.4, 0.5) is 5.69 Å². The van der Waals surface area contributed by atoms with Gasteiger partial charge in [0.15, 0.2) is 5.75 Å². The third kappa shape index (κ3) is 9.75. The summed E-state index contributed by atoms with van der Waals surface area (Å²) in [5.41, 5.74) is 0.484. The standard InChI is InChI=1S/C47H58N2O13/c1-24-15-13-16-25(2)46(57)49-37-32(23-48-60-21-14-19-31-17-11-10-12-18-31)41(54)34-35(42(37)55)40(53)29(6)44-36(34)45(56)47(8,62-44)59-22-20-33(58-9)26(3)43(61-30(7)50)28(5)39(52)27(4)38(24)51/h10-13,15-18,20,22-24,26-28,33,38-39,43,51-55H,14,19,21H2,1-9H3,(H,49,57)/b15-13-,22-20?,25-16-,48-23-. The first kappa shape index (κ1) is 47.2. The monoisotopic (exact) mass is 858 g/mol. The molecule has 0 spiro atoms. The Morgan fingerprint density at radius 3 is 2.29 bits per heavy atom. The molecule has 3 heterocycles. The van der Waals surface area contributed by atoms with E-state index in [2.05, 4.69) is 10.5 Å². The SMILES string of the molecule is COC1C=COC2(C)Oc3c(C)c(O)c4c(O)c(c(/C=N\OCCCc5ccccc5)c(O)c4c3C2=O)NC(=O)/C(C)=C\C=C/C(C)C(O)C(C)C(O)C(C)C(OC(C)=O)C1C. The highest BCUT2D eigenvalue weighted by Crippen LogP contribution is 2.55. The van der Waals surface area contributed by atoms with E-state index in [4.69, 9.17) is 23.8 Å². The number of anilines is 1. The molecular formula is C47H58N2O13. The number of hydrogen-bond donors (Lipinski definition) is 6. The van der Waals surface area contributed by atoms with E-state index in [1.165, 1.54) is 53.2 Å². The molecule has 5 bridgehead atoms. The van der Waals surface area contributed by atoms with Crippen molar-refractivity contribution in [2.75, 3.05) is 19.0 Å². The first-order chi connectivity index (χ1) is 29.3. The molecule has 6 rings (SSSR count). The number of benzene rings is 3. The summed E-state index contributed by atoms with van der Waals surface area (Å²) in [4.78, 5) is 46.0. The number of oxime groups is 1. The number of rotatable bonds is 8.